The number of amides is 1. The summed E-state index contributed by atoms with van der Waals surface area (Å²) in [5, 5.41) is 28.3. The summed E-state index contributed by atoms with van der Waals surface area (Å²) in [7, 11) is 3.72. The van der Waals surface area contributed by atoms with Crippen LogP contribution in [0.3, 0.4) is 0 Å². The maximum atomic E-state index is 14.4. The van der Waals surface area contributed by atoms with Crippen molar-refractivity contribution in [3.05, 3.63) is 24.3 Å². The molecule has 3 aliphatic rings. The largest absolute Gasteiger partial charge is 0.459 e. The number of cyclic esters (lactones) is 1. The molecule has 3 saturated heterocycles. The number of rotatable bonds is 6. The van der Waals surface area contributed by atoms with Gasteiger partial charge in [-0.15, -0.1) is 0 Å². The molecule has 0 saturated carbocycles. The smallest absolute Gasteiger partial charge is 0.316 e. The molecule has 13 atom stereocenters. The van der Waals surface area contributed by atoms with Crippen LogP contribution < -0.4 is 0 Å². The average Bonchev–Trinajstić information content (AvgIpc) is 3.17. The summed E-state index contributed by atoms with van der Waals surface area (Å²) in [6.07, 6.45) is -2.02. The zero-order chi connectivity index (χ0) is 42.2. The van der Waals surface area contributed by atoms with E-state index in [2.05, 4.69) is 32.0 Å². The number of ketones is 1. The summed E-state index contributed by atoms with van der Waals surface area (Å²) >= 11 is 0. The summed E-state index contributed by atoms with van der Waals surface area (Å²) in [5.41, 5.74) is -2.61. The number of carbonyl (C=O) groups excluding carboxylic acids is 3. The lowest BCUT2D eigenvalue weighted by Gasteiger charge is -2.47. The molecule has 2 N–H and O–H groups in total. The van der Waals surface area contributed by atoms with Crippen molar-refractivity contribution in [2.75, 3.05) is 33.9 Å². The van der Waals surface area contributed by atoms with E-state index in [1.807, 2.05) is 32.8 Å². The van der Waals surface area contributed by atoms with Gasteiger partial charge in [0.05, 0.1) is 37.1 Å². The highest BCUT2D eigenvalue weighted by Gasteiger charge is 2.53. The third kappa shape index (κ3) is 11.3. The molecule has 0 spiro atoms. The summed E-state index contributed by atoms with van der Waals surface area (Å²) < 4.78 is 32.2. The molecule has 316 valence electrons. The number of fused-ring (bicyclic) bond motifs is 5. The molecule has 0 unspecified atom stereocenters. The number of hydrogen-bond donors (Lipinski definition) is 2. The topological polar surface area (TPSA) is 201 Å². The van der Waals surface area contributed by atoms with Crippen molar-refractivity contribution in [1.82, 2.24) is 14.9 Å². The molecule has 4 rings (SSSR count). The van der Waals surface area contributed by atoms with Crippen molar-refractivity contribution in [3.8, 4) is 11.8 Å². The Bertz CT molecular complexity index is 1680. The van der Waals surface area contributed by atoms with Crippen LogP contribution in [-0.4, -0.2) is 142 Å². The fourth-order valence-corrected chi connectivity index (χ4v) is 8.24. The summed E-state index contributed by atoms with van der Waals surface area (Å²) in [6, 6.07) is 1.35. The van der Waals surface area contributed by atoms with Crippen molar-refractivity contribution in [1.29, 1.82) is 0 Å². The minimum absolute atomic E-state index is 0.128. The van der Waals surface area contributed by atoms with E-state index in [9.17, 15) is 24.6 Å². The Kier molecular flexibility index (Phi) is 16.0. The predicted octanol–water partition coefficient (Wildman–Crippen LogP) is 2.76. The van der Waals surface area contributed by atoms with Gasteiger partial charge in [-0.1, -0.05) is 38.8 Å². The van der Waals surface area contributed by atoms with E-state index in [0.717, 1.165) is 0 Å². The fourth-order valence-electron chi connectivity index (χ4n) is 8.24. The van der Waals surface area contributed by atoms with Gasteiger partial charge in [-0.3, -0.25) is 14.4 Å². The average molecular weight is 800 g/mol. The van der Waals surface area contributed by atoms with Gasteiger partial charge in [0.15, 0.2) is 18.7 Å². The number of aliphatic imine (C=N–C) groups is 1. The van der Waals surface area contributed by atoms with Crippen molar-refractivity contribution in [3.63, 3.8) is 0 Å². The molecule has 0 aromatic carbocycles. The highest BCUT2D eigenvalue weighted by Crippen LogP contribution is 2.40. The first-order chi connectivity index (χ1) is 26.8. The normalized spacial score (nSPS) is 38.7. The quantitative estimate of drug-likeness (QED) is 0.140. The number of carbonyl (C=O) groups is 3. The lowest BCUT2D eigenvalue weighted by molar-refractivity contribution is -0.296. The molecule has 3 aliphatic heterocycles. The lowest BCUT2D eigenvalue weighted by atomic mass is 9.73. The Morgan fingerprint density at radius 2 is 1.77 bits per heavy atom. The Morgan fingerprint density at radius 3 is 2.40 bits per heavy atom. The number of aliphatic hydroxyl groups is 2. The first kappa shape index (κ1) is 46.0. The Balaban J connectivity index is 1.91. The maximum Gasteiger partial charge on any atom is 0.316 e. The molecular formula is C41H61N5O11. The van der Waals surface area contributed by atoms with Gasteiger partial charge in [-0.05, 0) is 79.0 Å². The second kappa shape index (κ2) is 19.8. The maximum absolute atomic E-state index is 14.4. The van der Waals surface area contributed by atoms with Crippen LogP contribution in [0.1, 0.15) is 87.4 Å². The first-order valence-electron chi connectivity index (χ1n) is 19.7. The van der Waals surface area contributed by atoms with Gasteiger partial charge in [-0.25, -0.2) is 15.0 Å². The fraction of sp³-hybridized carbons (Fsp3) is 0.732. The third-order valence-electron chi connectivity index (χ3n) is 11.2. The lowest BCUT2D eigenvalue weighted by Crippen LogP contribution is -2.60. The zero-order valence-electron chi connectivity index (χ0n) is 35.1. The minimum atomic E-state index is -1.86. The molecule has 1 aromatic rings. The number of aliphatic hydroxyl groups excluding tert-OH is 1. The van der Waals surface area contributed by atoms with Gasteiger partial charge >= 0.3 is 5.97 Å². The Labute approximate surface area is 336 Å². The number of likely N-dealkylation sites (N-methyl/N-ethyl adjacent to an activating group) is 1. The van der Waals surface area contributed by atoms with E-state index in [1.54, 1.807) is 46.2 Å². The molecule has 0 aliphatic carbocycles. The van der Waals surface area contributed by atoms with E-state index >= 15 is 0 Å². The molecule has 0 radical (unpaired) electrons. The number of aromatic nitrogens is 2. The van der Waals surface area contributed by atoms with Crippen molar-refractivity contribution in [2.24, 2.45) is 33.8 Å². The summed E-state index contributed by atoms with van der Waals surface area (Å²) in [6.45, 7) is 14.5. The van der Waals surface area contributed by atoms with Gasteiger partial charge < -0.3 is 43.6 Å². The SMILES string of the molecule is CC[C@H]1OC(=O)[C@H](C)C(=O)[C@H](C)[C@@H](O[C@@H]2O[C@H](C)C[C@H](N(C)C)[C@H]2O)[C@@]2(C)C[C@@H](C)C(=NC(C)=O)[C@H](C)[C@H](OC/C(=N\OCC#Cc3ncccn3)CO2)[C@]1(C)O. The second-order valence-corrected chi connectivity index (χ2v) is 16.2. The van der Waals surface area contributed by atoms with Gasteiger partial charge in [0.25, 0.3) is 0 Å². The van der Waals surface area contributed by atoms with Gasteiger partial charge in [0, 0.05) is 42.9 Å². The standard InChI is InChI=1S/C41H61N5O11/c1-12-31-41(9,51)37-25(4)33(44-28(7)47)23(2)20-40(8,53-22-29(21-52-37)45-54-18-13-15-32-42-16-14-17-43-32)36(26(5)34(48)27(6)38(50)56-31)57-39-35(49)30(46(10)11)19-24(3)55-39/h14,16-17,23-27,30-31,35-37,39,49,51H,12,18-22H2,1-11H3/b44-33?,45-29+/t23-,24-,25+,26+,27-,30+,31-,35-,36-,37+,39+,40-,41-/m1/s1. The summed E-state index contributed by atoms with van der Waals surface area (Å²) in [5.74, 6) is 0.578. The monoisotopic (exact) mass is 799 g/mol. The van der Waals surface area contributed by atoms with Crippen LogP contribution in [0.15, 0.2) is 28.6 Å². The van der Waals surface area contributed by atoms with E-state index in [4.69, 9.17) is 28.5 Å². The van der Waals surface area contributed by atoms with Crippen LogP contribution in [-0.2, 0) is 42.9 Å². The van der Waals surface area contributed by atoms with Crippen LogP contribution in [0.25, 0.3) is 0 Å². The number of nitrogens with zero attached hydrogens (tertiary/aromatic N) is 5. The van der Waals surface area contributed by atoms with E-state index in [1.165, 1.54) is 20.8 Å². The molecule has 57 heavy (non-hydrogen) atoms. The number of hydrogen-bond acceptors (Lipinski definition) is 15. The Morgan fingerprint density at radius 1 is 1.09 bits per heavy atom. The zero-order valence-corrected chi connectivity index (χ0v) is 35.1. The third-order valence-corrected chi connectivity index (χ3v) is 11.2. The van der Waals surface area contributed by atoms with Crippen molar-refractivity contribution >= 4 is 29.1 Å². The molecule has 3 fully saturated rings. The van der Waals surface area contributed by atoms with Gasteiger partial charge in [0.2, 0.25) is 11.7 Å². The van der Waals surface area contributed by atoms with Crippen LogP contribution in [0.2, 0.25) is 0 Å². The van der Waals surface area contributed by atoms with Gasteiger partial charge in [0.1, 0.15) is 29.4 Å². The van der Waals surface area contributed by atoms with Crippen LogP contribution in [0.4, 0.5) is 0 Å². The van der Waals surface area contributed by atoms with Gasteiger partial charge in [-0.2, -0.15) is 0 Å². The highest BCUT2D eigenvalue weighted by atomic mass is 16.7. The number of Topliss-reactive ketones (excluding diaryl/α,β-unsaturated/α-hetero) is 1. The molecule has 2 bridgehead atoms. The Hall–Kier alpha value is -3.69. The van der Waals surface area contributed by atoms with Crippen LogP contribution in [0, 0.1) is 35.5 Å². The van der Waals surface area contributed by atoms with E-state index in [-0.39, 0.29) is 50.5 Å². The number of esters is 1. The molecular weight excluding hydrogens is 738 g/mol. The number of oxime groups is 1. The molecule has 16 nitrogen and oxygen atoms in total. The van der Waals surface area contributed by atoms with E-state index < -0.39 is 83.2 Å². The van der Waals surface area contributed by atoms with Crippen molar-refractivity contribution < 1.29 is 53.1 Å². The highest BCUT2D eigenvalue weighted by molar-refractivity contribution is 6.00. The van der Waals surface area contributed by atoms with Crippen molar-refractivity contribution in [2.45, 2.75) is 136 Å². The second-order valence-electron chi connectivity index (χ2n) is 16.2. The van der Waals surface area contributed by atoms with Crippen LogP contribution >= 0.6 is 0 Å². The molecule has 16 heteroatoms. The number of ether oxygens (including phenoxy) is 5. The van der Waals surface area contributed by atoms with E-state index in [0.29, 0.717) is 18.0 Å². The first-order valence-corrected chi connectivity index (χ1v) is 19.7. The van der Waals surface area contributed by atoms with Crippen LogP contribution in [0.5, 0.6) is 0 Å². The molecule has 4 heterocycles. The molecule has 1 aromatic heterocycles. The predicted molar refractivity (Wildman–Crippen MR) is 209 cm³/mol. The minimum Gasteiger partial charge on any atom is -0.459 e. The molecule has 1 amide bonds. The summed E-state index contributed by atoms with van der Waals surface area (Å²) in [4.78, 5) is 61.2.